The molecule has 3 heteroatoms. The lowest BCUT2D eigenvalue weighted by Crippen LogP contribution is -2.01. The number of hydrogen-bond donors (Lipinski definition) is 0. The SMILES string of the molecule is CCOc1ccc(C)cc1C(Br)c1cc(C)cc(F)c1. The quantitative estimate of drug-likeness (QED) is 0.686. The summed E-state index contributed by atoms with van der Waals surface area (Å²) in [5, 5.41) is 0. The van der Waals surface area contributed by atoms with Crippen LogP contribution in [0.15, 0.2) is 36.4 Å². The molecule has 2 aromatic rings. The van der Waals surface area contributed by atoms with Gasteiger partial charge < -0.3 is 4.74 Å². The maximum absolute atomic E-state index is 13.6. The van der Waals surface area contributed by atoms with Crippen LogP contribution in [0.5, 0.6) is 5.75 Å². The van der Waals surface area contributed by atoms with Gasteiger partial charge in [-0.05, 0) is 50.1 Å². The average molecular weight is 337 g/mol. The fourth-order valence-electron chi connectivity index (χ4n) is 2.24. The van der Waals surface area contributed by atoms with Crippen molar-refractivity contribution in [1.82, 2.24) is 0 Å². The summed E-state index contributed by atoms with van der Waals surface area (Å²) in [6, 6.07) is 11.1. The van der Waals surface area contributed by atoms with Crippen LogP contribution in [0.3, 0.4) is 0 Å². The van der Waals surface area contributed by atoms with Crippen molar-refractivity contribution in [1.29, 1.82) is 0 Å². The predicted octanol–water partition coefficient (Wildman–Crippen LogP) is 5.33. The first kappa shape index (κ1) is 15.0. The van der Waals surface area contributed by atoms with Crippen LogP contribution in [0.25, 0.3) is 0 Å². The number of ether oxygens (including phenoxy) is 1. The van der Waals surface area contributed by atoms with E-state index < -0.39 is 0 Å². The molecular formula is C17H18BrFO. The Morgan fingerprint density at radius 2 is 1.85 bits per heavy atom. The van der Waals surface area contributed by atoms with Gasteiger partial charge in [-0.1, -0.05) is 39.7 Å². The van der Waals surface area contributed by atoms with E-state index in [2.05, 4.69) is 22.0 Å². The van der Waals surface area contributed by atoms with Crippen molar-refractivity contribution in [2.45, 2.75) is 25.6 Å². The van der Waals surface area contributed by atoms with Crippen LogP contribution >= 0.6 is 15.9 Å². The molecule has 0 spiro atoms. The van der Waals surface area contributed by atoms with E-state index in [9.17, 15) is 4.39 Å². The van der Waals surface area contributed by atoms with Gasteiger partial charge in [0.2, 0.25) is 0 Å². The predicted molar refractivity (Wildman–Crippen MR) is 84.3 cm³/mol. The highest BCUT2D eigenvalue weighted by atomic mass is 79.9. The summed E-state index contributed by atoms with van der Waals surface area (Å²) in [7, 11) is 0. The van der Waals surface area contributed by atoms with Gasteiger partial charge in [-0.3, -0.25) is 0 Å². The number of alkyl halides is 1. The third-order valence-corrected chi connectivity index (χ3v) is 4.12. The number of benzene rings is 2. The molecule has 2 rings (SSSR count). The van der Waals surface area contributed by atoms with Gasteiger partial charge in [-0.15, -0.1) is 0 Å². The summed E-state index contributed by atoms with van der Waals surface area (Å²) in [4.78, 5) is -0.0849. The first-order valence-corrected chi connectivity index (χ1v) is 7.57. The molecule has 0 saturated carbocycles. The molecule has 0 fully saturated rings. The summed E-state index contributed by atoms with van der Waals surface area (Å²) < 4.78 is 19.3. The summed E-state index contributed by atoms with van der Waals surface area (Å²) >= 11 is 3.67. The second kappa shape index (κ2) is 6.40. The molecular weight excluding hydrogens is 319 g/mol. The molecule has 1 unspecified atom stereocenters. The topological polar surface area (TPSA) is 9.23 Å². The maximum atomic E-state index is 13.6. The molecule has 0 saturated heterocycles. The van der Waals surface area contributed by atoms with Crippen molar-refractivity contribution < 1.29 is 9.13 Å². The molecule has 0 N–H and O–H groups in total. The molecule has 0 aromatic heterocycles. The Morgan fingerprint density at radius 1 is 1.10 bits per heavy atom. The van der Waals surface area contributed by atoms with Crippen molar-refractivity contribution in [2.75, 3.05) is 6.61 Å². The van der Waals surface area contributed by atoms with Crippen LogP contribution in [0.1, 0.15) is 34.0 Å². The Bertz CT molecular complexity index is 590. The summed E-state index contributed by atoms with van der Waals surface area (Å²) in [6.45, 7) is 6.50. The third-order valence-electron chi connectivity index (χ3n) is 3.10. The first-order valence-electron chi connectivity index (χ1n) is 6.65. The van der Waals surface area contributed by atoms with Crippen molar-refractivity contribution >= 4 is 15.9 Å². The first-order chi connectivity index (χ1) is 9.51. The van der Waals surface area contributed by atoms with Gasteiger partial charge >= 0.3 is 0 Å². The zero-order valence-corrected chi connectivity index (χ0v) is 13.5. The van der Waals surface area contributed by atoms with Gasteiger partial charge in [-0.25, -0.2) is 4.39 Å². The van der Waals surface area contributed by atoms with E-state index in [1.54, 1.807) is 6.07 Å². The van der Waals surface area contributed by atoms with Crippen molar-refractivity contribution in [3.8, 4) is 5.75 Å². The average Bonchev–Trinajstić information content (AvgIpc) is 2.39. The molecule has 0 bridgehead atoms. The fourth-order valence-corrected chi connectivity index (χ4v) is 2.87. The van der Waals surface area contributed by atoms with E-state index in [1.165, 1.54) is 6.07 Å². The molecule has 1 nitrogen and oxygen atoms in total. The fraction of sp³-hybridized carbons (Fsp3) is 0.294. The van der Waals surface area contributed by atoms with Gasteiger partial charge in [0.05, 0.1) is 11.4 Å². The lowest BCUT2D eigenvalue weighted by molar-refractivity contribution is 0.337. The maximum Gasteiger partial charge on any atom is 0.123 e. The lowest BCUT2D eigenvalue weighted by atomic mass is 10.0. The van der Waals surface area contributed by atoms with E-state index in [1.807, 2.05) is 39.0 Å². The van der Waals surface area contributed by atoms with Crippen molar-refractivity contribution in [2.24, 2.45) is 0 Å². The second-order valence-corrected chi connectivity index (χ2v) is 5.81. The van der Waals surface area contributed by atoms with E-state index >= 15 is 0 Å². The van der Waals surface area contributed by atoms with Gasteiger partial charge in [0, 0.05) is 5.56 Å². The minimum absolute atomic E-state index is 0.0849. The smallest absolute Gasteiger partial charge is 0.123 e. The Balaban J connectivity index is 2.46. The van der Waals surface area contributed by atoms with Crippen LogP contribution in [-0.4, -0.2) is 6.61 Å². The Hall–Kier alpha value is -1.35. The summed E-state index contributed by atoms with van der Waals surface area (Å²) in [5.74, 6) is 0.622. The molecule has 0 radical (unpaired) electrons. The molecule has 1 atom stereocenters. The number of hydrogen-bond acceptors (Lipinski definition) is 1. The third kappa shape index (κ3) is 3.40. The van der Waals surface area contributed by atoms with Crippen molar-refractivity contribution in [3.63, 3.8) is 0 Å². The van der Waals surface area contributed by atoms with E-state index in [-0.39, 0.29) is 10.6 Å². The summed E-state index contributed by atoms with van der Waals surface area (Å²) in [5.41, 5.74) is 3.99. The Kier molecular flexibility index (Phi) is 4.81. The molecule has 0 aliphatic carbocycles. The number of rotatable bonds is 4. The monoisotopic (exact) mass is 336 g/mol. The van der Waals surface area contributed by atoms with Crippen LogP contribution < -0.4 is 4.74 Å². The van der Waals surface area contributed by atoms with E-state index in [0.29, 0.717) is 6.61 Å². The van der Waals surface area contributed by atoms with Crippen LogP contribution in [0.2, 0.25) is 0 Å². The normalized spacial score (nSPS) is 12.2. The summed E-state index contributed by atoms with van der Waals surface area (Å²) in [6.07, 6.45) is 0. The largest absolute Gasteiger partial charge is 0.494 e. The van der Waals surface area contributed by atoms with Crippen molar-refractivity contribution in [3.05, 3.63) is 64.5 Å². The van der Waals surface area contributed by atoms with Crippen LogP contribution in [-0.2, 0) is 0 Å². The minimum Gasteiger partial charge on any atom is -0.494 e. The van der Waals surface area contributed by atoms with Gasteiger partial charge in [0.1, 0.15) is 11.6 Å². The number of halogens is 2. The molecule has 0 heterocycles. The number of aryl methyl sites for hydroxylation is 2. The zero-order valence-electron chi connectivity index (χ0n) is 11.9. The van der Waals surface area contributed by atoms with Crippen LogP contribution in [0.4, 0.5) is 4.39 Å². The lowest BCUT2D eigenvalue weighted by Gasteiger charge is -2.17. The molecule has 106 valence electrons. The second-order valence-electron chi connectivity index (χ2n) is 4.90. The molecule has 0 amide bonds. The Labute approximate surface area is 127 Å². The highest BCUT2D eigenvalue weighted by Gasteiger charge is 2.16. The molecule has 0 aliphatic rings. The van der Waals surface area contributed by atoms with Gasteiger partial charge in [-0.2, -0.15) is 0 Å². The van der Waals surface area contributed by atoms with Gasteiger partial charge in [0.25, 0.3) is 0 Å². The Morgan fingerprint density at radius 3 is 2.50 bits per heavy atom. The molecule has 2 aromatic carbocycles. The highest BCUT2D eigenvalue weighted by molar-refractivity contribution is 9.09. The zero-order chi connectivity index (χ0) is 14.7. The van der Waals surface area contributed by atoms with Crippen LogP contribution in [0, 0.1) is 19.7 Å². The minimum atomic E-state index is -0.213. The standard InChI is InChI=1S/C17H18BrFO/c1-4-20-16-6-5-11(2)9-15(16)17(18)13-7-12(3)8-14(19)10-13/h5-10,17H,4H2,1-3H3. The highest BCUT2D eigenvalue weighted by Crippen LogP contribution is 2.37. The van der Waals surface area contributed by atoms with E-state index in [0.717, 1.165) is 28.0 Å². The van der Waals surface area contributed by atoms with Gasteiger partial charge in [0.15, 0.2) is 0 Å². The molecule has 20 heavy (non-hydrogen) atoms. The molecule has 0 aliphatic heterocycles. The van der Waals surface area contributed by atoms with E-state index in [4.69, 9.17) is 4.74 Å².